The van der Waals surface area contributed by atoms with E-state index in [0.29, 0.717) is 5.54 Å². The van der Waals surface area contributed by atoms with E-state index in [1.807, 2.05) is 0 Å². The summed E-state index contributed by atoms with van der Waals surface area (Å²) in [6.07, 6.45) is 8.55. The van der Waals surface area contributed by atoms with Crippen molar-refractivity contribution in [2.75, 3.05) is 27.2 Å². The topological polar surface area (TPSA) is 15.3 Å². The second-order valence-electron chi connectivity index (χ2n) is 5.32. The summed E-state index contributed by atoms with van der Waals surface area (Å²) in [4.78, 5) is 2.46. The number of nitrogens with zero attached hydrogens (tertiary/aromatic N) is 1. The van der Waals surface area contributed by atoms with Gasteiger partial charge in [-0.3, -0.25) is 0 Å². The number of piperidine rings is 1. The van der Waals surface area contributed by atoms with Gasteiger partial charge in [-0.2, -0.15) is 0 Å². The van der Waals surface area contributed by atoms with Gasteiger partial charge >= 0.3 is 0 Å². The van der Waals surface area contributed by atoms with Crippen molar-refractivity contribution in [3.8, 4) is 0 Å². The second-order valence-corrected chi connectivity index (χ2v) is 5.32. The molecule has 1 N–H and O–H groups in total. The molecule has 1 aliphatic heterocycles. The lowest BCUT2D eigenvalue weighted by Crippen LogP contribution is -2.32. The molecule has 2 fully saturated rings. The average Bonchev–Trinajstić information content (AvgIpc) is 2.98. The van der Waals surface area contributed by atoms with E-state index in [2.05, 4.69) is 24.3 Å². The van der Waals surface area contributed by atoms with Crippen LogP contribution in [-0.4, -0.2) is 37.6 Å². The molecule has 1 saturated carbocycles. The first-order chi connectivity index (χ1) is 6.74. The van der Waals surface area contributed by atoms with E-state index in [-0.39, 0.29) is 0 Å². The molecular weight excluding hydrogens is 172 g/mol. The van der Waals surface area contributed by atoms with Crippen molar-refractivity contribution in [2.45, 2.75) is 44.1 Å². The molecule has 2 rings (SSSR count). The number of rotatable bonds is 4. The molecule has 0 radical (unpaired) electrons. The Kier molecular flexibility index (Phi) is 3.13. The molecule has 82 valence electrons. The van der Waals surface area contributed by atoms with Gasteiger partial charge in [0, 0.05) is 5.54 Å². The Morgan fingerprint density at radius 2 is 1.93 bits per heavy atom. The molecule has 14 heavy (non-hydrogen) atoms. The van der Waals surface area contributed by atoms with Crippen molar-refractivity contribution in [3.05, 3.63) is 0 Å². The highest BCUT2D eigenvalue weighted by atomic mass is 15.1. The Morgan fingerprint density at radius 3 is 2.43 bits per heavy atom. The van der Waals surface area contributed by atoms with Gasteiger partial charge in [-0.15, -0.1) is 0 Å². The van der Waals surface area contributed by atoms with Crippen LogP contribution in [0.15, 0.2) is 0 Å². The summed E-state index contributed by atoms with van der Waals surface area (Å²) in [5.41, 5.74) is 0.573. The maximum Gasteiger partial charge on any atom is 0.0180 e. The summed E-state index contributed by atoms with van der Waals surface area (Å²) < 4.78 is 0. The van der Waals surface area contributed by atoms with Crippen LogP contribution in [0.5, 0.6) is 0 Å². The van der Waals surface area contributed by atoms with Crippen LogP contribution in [0.25, 0.3) is 0 Å². The van der Waals surface area contributed by atoms with E-state index in [1.54, 1.807) is 0 Å². The quantitative estimate of drug-likeness (QED) is 0.738. The van der Waals surface area contributed by atoms with Gasteiger partial charge < -0.3 is 10.2 Å². The molecule has 2 nitrogen and oxygen atoms in total. The molecule has 1 saturated heterocycles. The molecule has 0 aromatic rings. The van der Waals surface area contributed by atoms with Gasteiger partial charge in [-0.1, -0.05) is 0 Å². The highest BCUT2D eigenvalue weighted by Crippen LogP contribution is 2.40. The first-order valence-corrected chi connectivity index (χ1v) is 6.12. The van der Waals surface area contributed by atoms with Crippen molar-refractivity contribution in [1.82, 2.24) is 10.2 Å². The Balaban J connectivity index is 1.66. The van der Waals surface area contributed by atoms with Gasteiger partial charge in [-0.25, -0.2) is 0 Å². The van der Waals surface area contributed by atoms with Crippen molar-refractivity contribution in [2.24, 2.45) is 5.92 Å². The van der Waals surface area contributed by atoms with E-state index in [9.17, 15) is 0 Å². The minimum atomic E-state index is 0.573. The maximum absolute atomic E-state index is 3.49. The maximum atomic E-state index is 3.49. The van der Waals surface area contributed by atoms with Gasteiger partial charge in [0.15, 0.2) is 0 Å². The van der Waals surface area contributed by atoms with Crippen LogP contribution in [0.3, 0.4) is 0 Å². The first kappa shape index (κ1) is 10.4. The lowest BCUT2D eigenvalue weighted by molar-refractivity contribution is 0.205. The lowest BCUT2D eigenvalue weighted by atomic mass is 9.90. The molecular formula is C12H24N2. The third-order valence-electron chi connectivity index (χ3n) is 4.25. The van der Waals surface area contributed by atoms with Crippen molar-refractivity contribution in [1.29, 1.82) is 0 Å². The summed E-state index contributed by atoms with van der Waals surface area (Å²) in [5.74, 6) is 1.01. The fourth-order valence-electron chi connectivity index (χ4n) is 2.61. The van der Waals surface area contributed by atoms with E-state index >= 15 is 0 Å². The monoisotopic (exact) mass is 196 g/mol. The lowest BCUT2D eigenvalue weighted by Gasteiger charge is -2.29. The molecule has 0 amide bonds. The van der Waals surface area contributed by atoms with Crippen LogP contribution in [0, 0.1) is 5.92 Å². The van der Waals surface area contributed by atoms with Gasteiger partial charge in [0.2, 0.25) is 0 Å². The van der Waals surface area contributed by atoms with Crippen LogP contribution in [0.2, 0.25) is 0 Å². The van der Waals surface area contributed by atoms with E-state index < -0.39 is 0 Å². The third-order valence-corrected chi connectivity index (χ3v) is 4.25. The summed E-state index contributed by atoms with van der Waals surface area (Å²) in [5, 5.41) is 3.49. The van der Waals surface area contributed by atoms with Crippen LogP contribution in [0.1, 0.15) is 38.5 Å². The smallest absolute Gasteiger partial charge is 0.0180 e. The van der Waals surface area contributed by atoms with Crippen molar-refractivity contribution < 1.29 is 0 Å². The Hall–Kier alpha value is -0.0800. The summed E-state index contributed by atoms with van der Waals surface area (Å²) in [6, 6.07) is 0. The van der Waals surface area contributed by atoms with Crippen molar-refractivity contribution in [3.63, 3.8) is 0 Å². The average molecular weight is 196 g/mol. The van der Waals surface area contributed by atoms with Crippen LogP contribution >= 0.6 is 0 Å². The van der Waals surface area contributed by atoms with Crippen LogP contribution in [0.4, 0.5) is 0 Å². The number of hydrogen-bond acceptors (Lipinski definition) is 2. The molecule has 0 aromatic carbocycles. The van der Waals surface area contributed by atoms with Crippen molar-refractivity contribution >= 4 is 0 Å². The molecule has 2 heteroatoms. The molecule has 1 heterocycles. The molecule has 2 aliphatic rings. The molecule has 0 unspecified atom stereocenters. The fourth-order valence-corrected chi connectivity index (χ4v) is 2.61. The van der Waals surface area contributed by atoms with Gasteiger partial charge in [0.25, 0.3) is 0 Å². The predicted molar refractivity (Wildman–Crippen MR) is 60.5 cm³/mol. The summed E-state index contributed by atoms with van der Waals surface area (Å²) in [7, 11) is 4.37. The molecule has 0 spiro atoms. The Bertz CT molecular complexity index is 179. The summed E-state index contributed by atoms with van der Waals surface area (Å²) >= 11 is 0. The third kappa shape index (κ3) is 2.48. The highest BCUT2D eigenvalue weighted by Gasteiger charge is 2.40. The molecule has 0 bridgehead atoms. The van der Waals surface area contributed by atoms with E-state index in [1.165, 1.54) is 51.6 Å². The highest BCUT2D eigenvalue weighted by molar-refractivity contribution is 5.00. The Labute approximate surface area is 88.1 Å². The van der Waals surface area contributed by atoms with E-state index in [0.717, 1.165) is 5.92 Å². The van der Waals surface area contributed by atoms with Crippen LogP contribution < -0.4 is 5.32 Å². The zero-order valence-electron chi connectivity index (χ0n) is 9.68. The number of nitrogens with one attached hydrogen (secondary N) is 1. The minimum Gasteiger partial charge on any atom is -0.314 e. The minimum absolute atomic E-state index is 0.573. The SMILES string of the molecule is CNC1(CCC2CCN(C)CC2)CC1. The van der Waals surface area contributed by atoms with Gasteiger partial charge in [-0.05, 0) is 71.6 Å². The van der Waals surface area contributed by atoms with Gasteiger partial charge in [0.05, 0.1) is 0 Å². The number of hydrogen-bond donors (Lipinski definition) is 1. The largest absolute Gasteiger partial charge is 0.314 e. The zero-order chi connectivity index (χ0) is 10.0. The fraction of sp³-hybridized carbons (Fsp3) is 1.00. The molecule has 1 aliphatic carbocycles. The summed E-state index contributed by atoms with van der Waals surface area (Å²) in [6.45, 7) is 2.63. The second kappa shape index (κ2) is 4.19. The standard InChI is InChI=1S/C12H24N2/c1-13-12(7-8-12)6-3-11-4-9-14(2)10-5-11/h11,13H,3-10H2,1-2H3. The predicted octanol–water partition coefficient (Wildman–Crippen LogP) is 1.86. The Morgan fingerprint density at radius 1 is 1.29 bits per heavy atom. The van der Waals surface area contributed by atoms with Crippen LogP contribution in [-0.2, 0) is 0 Å². The normalized spacial score (nSPS) is 27.9. The molecule has 0 atom stereocenters. The zero-order valence-corrected chi connectivity index (χ0v) is 9.68. The number of likely N-dealkylation sites (tertiary alicyclic amines) is 1. The van der Waals surface area contributed by atoms with E-state index in [4.69, 9.17) is 0 Å². The molecule has 0 aromatic heterocycles. The first-order valence-electron chi connectivity index (χ1n) is 6.12. The van der Waals surface area contributed by atoms with Gasteiger partial charge in [0.1, 0.15) is 0 Å².